The fourth-order valence-corrected chi connectivity index (χ4v) is 1.75. The highest BCUT2D eigenvalue weighted by molar-refractivity contribution is 5.77. The minimum absolute atomic E-state index is 0.258. The van der Waals surface area contributed by atoms with E-state index in [1.807, 2.05) is 13.0 Å². The molecule has 0 spiro atoms. The average Bonchev–Trinajstić information content (AvgIpc) is 2.28. The van der Waals surface area contributed by atoms with Crippen molar-refractivity contribution in [3.63, 3.8) is 0 Å². The Kier molecular flexibility index (Phi) is 3.10. The molecular weight excluding hydrogens is 220 g/mol. The van der Waals surface area contributed by atoms with Gasteiger partial charge in [0.1, 0.15) is 0 Å². The topological polar surface area (TPSA) is 64.1 Å². The fourth-order valence-electron chi connectivity index (χ4n) is 1.75. The number of hydrogen-bond donors (Lipinski definition) is 1. The van der Waals surface area contributed by atoms with E-state index in [1.54, 1.807) is 12.1 Å². The number of ether oxygens (including phenoxy) is 1. The highest BCUT2D eigenvalue weighted by Crippen LogP contribution is 2.07. The number of methoxy groups -OCH3 is 1. The number of benzene rings is 1. The SMILES string of the molecule is COCCn1c(=O)[nH]c2cc(C)ccc2c1=O. The minimum atomic E-state index is -0.398. The van der Waals surface area contributed by atoms with Crippen molar-refractivity contribution in [1.82, 2.24) is 9.55 Å². The molecule has 0 radical (unpaired) electrons. The van der Waals surface area contributed by atoms with Crippen molar-refractivity contribution in [3.8, 4) is 0 Å². The third kappa shape index (κ3) is 2.14. The van der Waals surface area contributed by atoms with Gasteiger partial charge in [-0.05, 0) is 24.6 Å². The number of aromatic amines is 1. The molecule has 0 bridgehead atoms. The van der Waals surface area contributed by atoms with Gasteiger partial charge in [0.15, 0.2) is 0 Å². The molecule has 1 aromatic heterocycles. The number of H-pyrrole nitrogens is 1. The lowest BCUT2D eigenvalue weighted by Gasteiger charge is -2.05. The molecule has 2 aromatic rings. The van der Waals surface area contributed by atoms with Crippen LogP contribution in [0.5, 0.6) is 0 Å². The van der Waals surface area contributed by atoms with Crippen LogP contribution in [0.4, 0.5) is 0 Å². The van der Waals surface area contributed by atoms with Crippen molar-refractivity contribution in [1.29, 1.82) is 0 Å². The van der Waals surface area contributed by atoms with Gasteiger partial charge < -0.3 is 9.72 Å². The zero-order valence-electron chi connectivity index (χ0n) is 9.82. The van der Waals surface area contributed by atoms with Crippen molar-refractivity contribution < 1.29 is 4.74 Å². The Hall–Kier alpha value is -1.88. The van der Waals surface area contributed by atoms with Gasteiger partial charge in [0, 0.05) is 7.11 Å². The van der Waals surface area contributed by atoms with E-state index < -0.39 is 5.69 Å². The van der Waals surface area contributed by atoms with Crippen LogP contribution < -0.4 is 11.2 Å². The first kappa shape index (κ1) is 11.6. The molecule has 1 N–H and O–H groups in total. The lowest BCUT2D eigenvalue weighted by Crippen LogP contribution is -2.36. The Bertz CT molecular complexity index is 655. The number of nitrogens with zero attached hydrogens (tertiary/aromatic N) is 1. The van der Waals surface area contributed by atoms with Gasteiger partial charge >= 0.3 is 5.69 Å². The van der Waals surface area contributed by atoms with E-state index >= 15 is 0 Å². The van der Waals surface area contributed by atoms with Crippen molar-refractivity contribution in [2.24, 2.45) is 0 Å². The van der Waals surface area contributed by atoms with Gasteiger partial charge in [-0.15, -0.1) is 0 Å². The van der Waals surface area contributed by atoms with E-state index in [1.165, 1.54) is 7.11 Å². The quantitative estimate of drug-likeness (QED) is 0.847. The van der Waals surface area contributed by atoms with Crippen LogP contribution in [0.15, 0.2) is 27.8 Å². The Balaban J connectivity index is 2.68. The van der Waals surface area contributed by atoms with Gasteiger partial charge in [-0.3, -0.25) is 9.36 Å². The summed E-state index contributed by atoms with van der Waals surface area (Å²) >= 11 is 0. The Morgan fingerprint density at radius 2 is 2.12 bits per heavy atom. The van der Waals surface area contributed by atoms with Crippen molar-refractivity contribution in [2.45, 2.75) is 13.5 Å². The number of aryl methyl sites for hydroxylation is 1. The van der Waals surface area contributed by atoms with Crippen LogP contribution in [0, 0.1) is 6.92 Å². The van der Waals surface area contributed by atoms with E-state index in [0.717, 1.165) is 10.1 Å². The normalized spacial score (nSPS) is 10.9. The van der Waals surface area contributed by atoms with Gasteiger partial charge in [0.05, 0.1) is 24.1 Å². The van der Waals surface area contributed by atoms with Crippen LogP contribution in [-0.2, 0) is 11.3 Å². The van der Waals surface area contributed by atoms with Gasteiger partial charge in [-0.25, -0.2) is 4.79 Å². The van der Waals surface area contributed by atoms with Gasteiger partial charge in [0.2, 0.25) is 0 Å². The van der Waals surface area contributed by atoms with Crippen LogP contribution in [0.2, 0.25) is 0 Å². The van der Waals surface area contributed by atoms with E-state index in [4.69, 9.17) is 4.74 Å². The van der Waals surface area contributed by atoms with E-state index in [0.29, 0.717) is 17.5 Å². The summed E-state index contributed by atoms with van der Waals surface area (Å²) in [6.07, 6.45) is 0. The predicted molar refractivity (Wildman–Crippen MR) is 65.4 cm³/mol. The number of rotatable bonds is 3. The van der Waals surface area contributed by atoms with Crippen LogP contribution in [-0.4, -0.2) is 23.3 Å². The molecule has 0 unspecified atom stereocenters. The lowest BCUT2D eigenvalue weighted by molar-refractivity contribution is 0.185. The van der Waals surface area contributed by atoms with Crippen molar-refractivity contribution in [2.75, 3.05) is 13.7 Å². The summed E-state index contributed by atoms with van der Waals surface area (Å²) in [4.78, 5) is 26.5. The van der Waals surface area contributed by atoms with E-state index in [2.05, 4.69) is 4.98 Å². The maximum absolute atomic E-state index is 12.1. The summed E-state index contributed by atoms with van der Waals surface area (Å²) in [6.45, 7) is 2.50. The summed E-state index contributed by atoms with van der Waals surface area (Å²) in [5.41, 5.74) is 0.904. The molecule has 0 fully saturated rings. The van der Waals surface area contributed by atoms with Gasteiger partial charge in [-0.1, -0.05) is 6.07 Å². The monoisotopic (exact) mass is 234 g/mol. The van der Waals surface area contributed by atoms with E-state index in [9.17, 15) is 9.59 Å². The Labute approximate surface area is 97.7 Å². The Morgan fingerprint density at radius 3 is 2.82 bits per heavy atom. The number of aromatic nitrogens is 2. The smallest absolute Gasteiger partial charge is 0.328 e. The molecule has 0 aliphatic carbocycles. The zero-order chi connectivity index (χ0) is 12.4. The van der Waals surface area contributed by atoms with Crippen molar-refractivity contribution >= 4 is 10.9 Å². The summed E-state index contributed by atoms with van der Waals surface area (Å²) in [6, 6.07) is 5.37. The first-order chi connectivity index (χ1) is 8.13. The number of fused-ring (bicyclic) bond motifs is 1. The number of hydrogen-bond acceptors (Lipinski definition) is 3. The maximum Gasteiger partial charge on any atom is 0.328 e. The lowest BCUT2D eigenvalue weighted by atomic mass is 10.2. The molecule has 1 heterocycles. The third-order valence-electron chi connectivity index (χ3n) is 2.66. The molecule has 0 atom stereocenters. The fraction of sp³-hybridized carbons (Fsp3) is 0.333. The second-order valence-electron chi connectivity index (χ2n) is 3.93. The van der Waals surface area contributed by atoms with E-state index in [-0.39, 0.29) is 12.1 Å². The van der Waals surface area contributed by atoms with Crippen LogP contribution in [0.25, 0.3) is 10.9 Å². The molecule has 5 nitrogen and oxygen atoms in total. The molecule has 0 aliphatic heterocycles. The average molecular weight is 234 g/mol. The van der Waals surface area contributed by atoms with Crippen LogP contribution in [0.3, 0.4) is 0 Å². The molecule has 0 saturated carbocycles. The molecular formula is C12H14N2O3. The Morgan fingerprint density at radius 1 is 1.35 bits per heavy atom. The minimum Gasteiger partial charge on any atom is -0.383 e. The van der Waals surface area contributed by atoms with Crippen molar-refractivity contribution in [3.05, 3.63) is 44.6 Å². The predicted octanol–water partition coefficient (Wildman–Crippen LogP) is 0.645. The first-order valence-electron chi connectivity index (χ1n) is 5.36. The maximum atomic E-state index is 12.1. The summed E-state index contributed by atoms with van der Waals surface area (Å²) in [5.74, 6) is 0. The molecule has 0 saturated heterocycles. The largest absolute Gasteiger partial charge is 0.383 e. The molecule has 0 aliphatic rings. The standard InChI is InChI=1S/C12H14N2O3/c1-8-3-4-9-10(7-8)13-12(16)14(11(9)15)5-6-17-2/h3-4,7H,5-6H2,1-2H3,(H,13,16). The second kappa shape index (κ2) is 4.55. The summed E-state index contributed by atoms with van der Waals surface area (Å²) in [7, 11) is 1.53. The van der Waals surface area contributed by atoms with Crippen LogP contribution >= 0.6 is 0 Å². The van der Waals surface area contributed by atoms with Gasteiger partial charge in [0.25, 0.3) is 5.56 Å². The molecule has 90 valence electrons. The second-order valence-corrected chi connectivity index (χ2v) is 3.93. The van der Waals surface area contributed by atoms with Gasteiger partial charge in [-0.2, -0.15) is 0 Å². The van der Waals surface area contributed by atoms with Crippen LogP contribution in [0.1, 0.15) is 5.56 Å². The highest BCUT2D eigenvalue weighted by atomic mass is 16.5. The molecule has 2 rings (SSSR count). The zero-order valence-corrected chi connectivity index (χ0v) is 9.82. The summed E-state index contributed by atoms with van der Waals surface area (Å²) in [5, 5.41) is 0.520. The summed E-state index contributed by atoms with van der Waals surface area (Å²) < 4.78 is 6.03. The first-order valence-corrected chi connectivity index (χ1v) is 5.36. The third-order valence-corrected chi connectivity index (χ3v) is 2.66. The molecule has 1 aromatic carbocycles. The molecule has 17 heavy (non-hydrogen) atoms. The highest BCUT2D eigenvalue weighted by Gasteiger charge is 2.06. The number of nitrogens with one attached hydrogen (secondary N) is 1. The molecule has 5 heteroatoms. The molecule has 0 amide bonds.